The van der Waals surface area contributed by atoms with E-state index in [1.54, 1.807) is 12.1 Å². The Morgan fingerprint density at radius 2 is 1.94 bits per heavy atom. The molecule has 0 spiro atoms. The first-order valence-corrected chi connectivity index (χ1v) is 10.5. The Hall–Kier alpha value is -3.61. The van der Waals surface area contributed by atoms with Gasteiger partial charge in [-0.3, -0.25) is 9.20 Å². The number of fused-ring (bicyclic) bond motifs is 1. The van der Waals surface area contributed by atoms with E-state index in [0.29, 0.717) is 18.2 Å². The first-order valence-electron chi connectivity index (χ1n) is 10.5. The van der Waals surface area contributed by atoms with Crippen LogP contribution in [0.5, 0.6) is 5.75 Å². The number of ether oxygens (including phenoxy) is 1. The number of nitrogens with one attached hydrogen (secondary N) is 1. The van der Waals surface area contributed by atoms with E-state index < -0.39 is 0 Å². The fourth-order valence-electron chi connectivity index (χ4n) is 3.28. The Labute approximate surface area is 181 Å². The summed E-state index contributed by atoms with van der Waals surface area (Å²) in [5.41, 5.74) is 2.09. The lowest BCUT2D eigenvalue weighted by atomic mass is 10.0. The zero-order valence-electron chi connectivity index (χ0n) is 17.7. The summed E-state index contributed by atoms with van der Waals surface area (Å²) in [6.07, 6.45) is 3.41. The first-order chi connectivity index (χ1) is 15.1. The average Bonchev–Trinajstić information content (AvgIpc) is 3.43. The van der Waals surface area contributed by atoms with E-state index >= 15 is 0 Å². The monoisotopic (exact) mass is 418 g/mol. The maximum atomic E-state index is 12.3. The number of furan rings is 1. The minimum absolute atomic E-state index is 0.237. The Bertz CT molecular complexity index is 1150. The number of benzene rings is 1. The summed E-state index contributed by atoms with van der Waals surface area (Å²) >= 11 is 0. The second-order valence-electron chi connectivity index (χ2n) is 7.68. The van der Waals surface area contributed by atoms with Gasteiger partial charge in [0.05, 0.1) is 0 Å². The Kier molecular flexibility index (Phi) is 6.31. The van der Waals surface area contributed by atoms with E-state index in [0.717, 1.165) is 30.1 Å². The highest BCUT2D eigenvalue weighted by molar-refractivity contribution is 5.91. The van der Waals surface area contributed by atoms with Crippen LogP contribution in [0.15, 0.2) is 65.2 Å². The molecular weight excluding hydrogens is 392 g/mol. The molecule has 0 bridgehead atoms. The van der Waals surface area contributed by atoms with Crippen LogP contribution >= 0.6 is 0 Å². The summed E-state index contributed by atoms with van der Waals surface area (Å²) in [6.45, 7) is 5.10. The van der Waals surface area contributed by atoms with Crippen LogP contribution in [0, 0.1) is 0 Å². The maximum Gasteiger partial charge on any atom is 0.286 e. The highest BCUT2D eigenvalue weighted by Gasteiger charge is 2.12. The summed E-state index contributed by atoms with van der Waals surface area (Å²) < 4.78 is 13.3. The van der Waals surface area contributed by atoms with E-state index in [1.165, 1.54) is 5.56 Å². The molecule has 7 nitrogen and oxygen atoms in total. The Balaban J connectivity index is 1.22. The van der Waals surface area contributed by atoms with Crippen molar-refractivity contribution in [1.29, 1.82) is 0 Å². The van der Waals surface area contributed by atoms with Crippen LogP contribution in [0.25, 0.3) is 5.65 Å². The zero-order chi connectivity index (χ0) is 21.6. The van der Waals surface area contributed by atoms with E-state index in [-0.39, 0.29) is 18.3 Å². The quantitative estimate of drug-likeness (QED) is 0.408. The molecular formula is C24H26N4O3. The number of rotatable bonds is 9. The number of amides is 1. The molecule has 0 atom stereocenters. The lowest BCUT2D eigenvalue weighted by Gasteiger charge is -2.08. The van der Waals surface area contributed by atoms with Crippen LogP contribution in [0.1, 0.15) is 53.9 Å². The number of pyridine rings is 1. The van der Waals surface area contributed by atoms with Crippen molar-refractivity contribution < 1.29 is 13.9 Å². The summed E-state index contributed by atoms with van der Waals surface area (Å²) in [6, 6.07) is 17.2. The highest BCUT2D eigenvalue weighted by Crippen LogP contribution is 2.20. The summed E-state index contributed by atoms with van der Waals surface area (Å²) in [5, 5.41) is 11.2. The molecule has 3 heterocycles. The minimum Gasteiger partial charge on any atom is -0.486 e. The van der Waals surface area contributed by atoms with Crippen LogP contribution in [-0.4, -0.2) is 27.0 Å². The third-order valence-electron chi connectivity index (χ3n) is 5.06. The standard InChI is InChI=1S/C24H26N4O3/c1-17(2)18-8-10-19(11-9-18)30-16-20-12-13-21(31-20)24(29)25-14-5-7-23-27-26-22-6-3-4-15-28(22)23/h3-4,6,8-13,15,17H,5,7,14,16H2,1-2H3,(H,25,29). The summed E-state index contributed by atoms with van der Waals surface area (Å²) in [4.78, 5) is 12.3. The molecule has 0 unspecified atom stereocenters. The van der Waals surface area contributed by atoms with Crippen LogP contribution < -0.4 is 10.1 Å². The van der Waals surface area contributed by atoms with Gasteiger partial charge in [0, 0.05) is 19.2 Å². The van der Waals surface area contributed by atoms with Gasteiger partial charge in [-0.15, -0.1) is 10.2 Å². The van der Waals surface area contributed by atoms with Gasteiger partial charge < -0.3 is 14.5 Å². The maximum absolute atomic E-state index is 12.3. The van der Waals surface area contributed by atoms with E-state index in [4.69, 9.17) is 9.15 Å². The fraction of sp³-hybridized carbons (Fsp3) is 0.292. The topological polar surface area (TPSA) is 81.7 Å². The number of carbonyl (C=O) groups excluding carboxylic acids is 1. The lowest BCUT2D eigenvalue weighted by molar-refractivity contribution is 0.0921. The molecule has 0 saturated carbocycles. The van der Waals surface area contributed by atoms with Crippen LogP contribution in [-0.2, 0) is 13.0 Å². The normalized spacial score (nSPS) is 11.2. The molecule has 7 heteroatoms. The predicted octanol–water partition coefficient (Wildman–Crippen LogP) is 4.39. The molecule has 0 aliphatic rings. The molecule has 0 aliphatic carbocycles. The van der Waals surface area contributed by atoms with E-state index in [2.05, 4.69) is 41.5 Å². The number of carbonyl (C=O) groups is 1. The lowest BCUT2D eigenvalue weighted by Crippen LogP contribution is -2.24. The smallest absolute Gasteiger partial charge is 0.286 e. The van der Waals surface area contributed by atoms with Gasteiger partial charge in [-0.2, -0.15) is 0 Å². The van der Waals surface area contributed by atoms with Gasteiger partial charge in [0.25, 0.3) is 5.91 Å². The molecule has 0 radical (unpaired) electrons. The van der Waals surface area contributed by atoms with Crippen molar-refractivity contribution in [2.45, 2.75) is 39.2 Å². The van der Waals surface area contributed by atoms with Crippen molar-refractivity contribution in [3.05, 3.63) is 83.7 Å². The average molecular weight is 418 g/mol. The second kappa shape index (κ2) is 9.47. The van der Waals surface area contributed by atoms with Gasteiger partial charge in [0.1, 0.15) is 23.9 Å². The van der Waals surface area contributed by atoms with Crippen molar-refractivity contribution in [1.82, 2.24) is 19.9 Å². The van der Waals surface area contributed by atoms with E-state index in [1.807, 2.05) is 40.9 Å². The molecule has 1 amide bonds. The van der Waals surface area contributed by atoms with Gasteiger partial charge in [-0.1, -0.05) is 32.0 Å². The number of hydrogen-bond acceptors (Lipinski definition) is 5. The van der Waals surface area contributed by atoms with Gasteiger partial charge in [-0.05, 0) is 54.3 Å². The third-order valence-corrected chi connectivity index (χ3v) is 5.06. The SMILES string of the molecule is CC(C)c1ccc(OCc2ccc(C(=O)NCCCc3nnc4ccccn34)o2)cc1. The molecule has 31 heavy (non-hydrogen) atoms. The number of hydrogen-bond donors (Lipinski definition) is 1. The molecule has 0 saturated heterocycles. The van der Waals surface area contributed by atoms with Crippen LogP contribution in [0.3, 0.4) is 0 Å². The van der Waals surface area contributed by atoms with Crippen molar-refractivity contribution in [2.24, 2.45) is 0 Å². The Morgan fingerprint density at radius 3 is 2.74 bits per heavy atom. The largest absolute Gasteiger partial charge is 0.486 e. The highest BCUT2D eigenvalue weighted by atomic mass is 16.5. The molecule has 0 aliphatic heterocycles. The van der Waals surface area contributed by atoms with Gasteiger partial charge in [0.2, 0.25) is 0 Å². The molecule has 1 N–H and O–H groups in total. The number of nitrogens with zero attached hydrogens (tertiary/aromatic N) is 3. The summed E-state index contributed by atoms with van der Waals surface area (Å²) in [7, 11) is 0. The van der Waals surface area contributed by atoms with Crippen LogP contribution in [0.4, 0.5) is 0 Å². The fourth-order valence-corrected chi connectivity index (χ4v) is 3.28. The van der Waals surface area contributed by atoms with Crippen molar-refractivity contribution in [3.63, 3.8) is 0 Å². The molecule has 4 rings (SSSR count). The summed E-state index contributed by atoms with van der Waals surface area (Å²) in [5.74, 6) is 2.78. The van der Waals surface area contributed by atoms with Crippen LogP contribution in [0.2, 0.25) is 0 Å². The minimum atomic E-state index is -0.237. The number of aryl methyl sites for hydroxylation is 1. The van der Waals surface area contributed by atoms with Gasteiger partial charge in [0.15, 0.2) is 11.4 Å². The second-order valence-corrected chi connectivity index (χ2v) is 7.68. The van der Waals surface area contributed by atoms with Crippen molar-refractivity contribution in [2.75, 3.05) is 6.54 Å². The molecule has 160 valence electrons. The van der Waals surface area contributed by atoms with Crippen molar-refractivity contribution >= 4 is 11.6 Å². The van der Waals surface area contributed by atoms with E-state index in [9.17, 15) is 4.79 Å². The molecule has 3 aromatic heterocycles. The molecule has 4 aromatic rings. The molecule has 0 fully saturated rings. The number of aromatic nitrogens is 3. The van der Waals surface area contributed by atoms with Crippen molar-refractivity contribution in [3.8, 4) is 5.75 Å². The first kappa shape index (κ1) is 20.7. The molecule has 1 aromatic carbocycles. The zero-order valence-corrected chi connectivity index (χ0v) is 17.7. The van der Waals surface area contributed by atoms with Gasteiger partial charge >= 0.3 is 0 Å². The predicted molar refractivity (Wildman–Crippen MR) is 117 cm³/mol. The third kappa shape index (κ3) is 5.12. The Morgan fingerprint density at radius 1 is 1.10 bits per heavy atom. The van der Waals surface area contributed by atoms with Gasteiger partial charge in [-0.25, -0.2) is 0 Å².